The molecule has 0 amide bonds. The van der Waals surface area contributed by atoms with Gasteiger partial charge in [-0.05, 0) is 37.3 Å². The van der Waals surface area contributed by atoms with Gasteiger partial charge in [0, 0.05) is 7.11 Å². The van der Waals surface area contributed by atoms with Crippen molar-refractivity contribution in [1.82, 2.24) is 0 Å². The number of hydrogen-bond donors (Lipinski definition) is 1. The van der Waals surface area contributed by atoms with Gasteiger partial charge in [0.15, 0.2) is 0 Å². The summed E-state index contributed by atoms with van der Waals surface area (Å²) in [6, 6.07) is 9.79. The van der Waals surface area contributed by atoms with Gasteiger partial charge in [0.2, 0.25) is 0 Å². The second-order valence-electron chi connectivity index (χ2n) is 4.75. The molecule has 92 valence electrons. The lowest BCUT2D eigenvalue weighted by atomic mass is 9.80. The molecule has 17 heavy (non-hydrogen) atoms. The molecule has 0 saturated heterocycles. The van der Waals surface area contributed by atoms with E-state index in [0.717, 1.165) is 30.4 Å². The maximum Gasteiger partial charge on any atom is 0.110 e. The molecule has 2 atom stereocenters. The fourth-order valence-electron chi connectivity index (χ4n) is 2.53. The Morgan fingerprint density at radius 1 is 1.29 bits per heavy atom. The van der Waals surface area contributed by atoms with Crippen LogP contribution in [0.5, 0.6) is 0 Å². The Balaban J connectivity index is 2.34. The first-order chi connectivity index (χ1) is 8.16. The molecule has 2 rings (SSSR count). The highest BCUT2D eigenvalue weighted by Crippen LogP contribution is 2.36. The van der Waals surface area contributed by atoms with Gasteiger partial charge in [-0.1, -0.05) is 36.4 Å². The predicted molar refractivity (Wildman–Crippen MR) is 68.7 cm³/mol. The third kappa shape index (κ3) is 2.43. The van der Waals surface area contributed by atoms with Crippen LogP contribution < -0.4 is 0 Å². The fourth-order valence-corrected chi connectivity index (χ4v) is 2.53. The van der Waals surface area contributed by atoms with Crippen LogP contribution in [-0.4, -0.2) is 18.3 Å². The van der Waals surface area contributed by atoms with E-state index >= 15 is 0 Å². The first-order valence-electron chi connectivity index (χ1n) is 6.17. The second kappa shape index (κ2) is 5.03. The molecule has 1 N–H and O–H groups in total. The summed E-state index contributed by atoms with van der Waals surface area (Å²) in [4.78, 5) is 0. The van der Waals surface area contributed by atoms with Gasteiger partial charge < -0.3 is 9.84 Å². The minimum Gasteiger partial charge on any atom is -0.381 e. The zero-order valence-electron chi connectivity index (χ0n) is 10.5. The molecule has 2 nitrogen and oxygen atoms in total. The van der Waals surface area contributed by atoms with Gasteiger partial charge in [0.25, 0.3) is 0 Å². The van der Waals surface area contributed by atoms with Gasteiger partial charge in [-0.15, -0.1) is 0 Å². The highest BCUT2D eigenvalue weighted by Gasteiger charge is 2.34. The smallest absolute Gasteiger partial charge is 0.110 e. The Kier molecular flexibility index (Phi) is 3.65. The minimum atomic E-state index is -0.928. The lowest BCUT2D eigenvalue weighted by Gasteiger charge is -2.34. The third-order valence-corrected chi connectivity index (χ3v) is 3.56. The largest absolute Gasteiger partial charge is 0.381 e. The molecule has 0 heterocycles. The zero-order chi connectivity index (χ0) is 12.3. The molecular formula is C15H20O2. The van der Waals surface area contributed by atoms with Crippen molar-refractivity contribution in [1.29, 1.82) is 0 Å². The predicted octanol–water partition coefficient (Wildman–Crippen LogP) is 3.02. The van der Waals surface area contributed by atoms with E-state index in [2.05, 4.69) is 6.08 Å². The second-order valence-corrected chi connectivity index (χ2v) is 4.75. The van der Waals surface area contributed by atoms with Crippen molar-refractivity contribution in [2.45, 2.75) is 37.9 Å². The van der Waals surface area contributed by atoms with Crippen molar-refractivity contribution < 1.29 is 9.84 Å². The Bertz CT molecular complexity index is 393. The van der Waals surface area contributed by atoms with Crippen LogP contribution in [0.25, 0.3) is 0 Å². The van der Waals surface area contributed by atoms with Crippen molar-refractivity contribution in [3.63, 3.8) is 0 Å². The van der Waals surface area contributed by atoms with Crippen molar-refractivity contribution in [2.75, 3.05) is 7.11 Å². The van der Waals surface area contributed by atoms with Crippen LogP contribution in [0.3, 0.4) is 0 Å². The molecule has 1 aliphatic rings. The molecule has 0 unspecified atom stereocenters. The van der Waals surface area contributed by atoms with Crippen LogP contribution in [0.1, 0.15) is 31.7 Å². The van der Waals surface area contributed by atoms with Gasteiger partial charge in [0.1, 0.15) is 5.60 Å². The number of benzene rings is 1. The molecule has 1 aromatic carbocycles. The number of allylic oxidation sites excluding steroid dienone is 1. The first kappa shape index (κ1) is 12.3. The molecule has 0 aliphatic heterocycles. The summed E-state index contributed by atoms with van der Waals surface area (Å²) in [7, 11) is 1.71. The monoisotopic (exact) mass is 232 g/mol. The van der Waals surface area contributed by atoms with E-state index in [4.69, 9.17) is 4.74 Å². The molecule has 1 aromatic rings. The molecule has 0 saturated carbocycles. The Labute approximate surface area is 103 Å². The highest BCUT2D eigenvalue weighted by molar-refractivity contribution is 5.34. The van der Waals surface area contributed by atoms with Gasteiger partial charge in [-0.25, -0.2) is 0 Å². The third-order valence-electron chi connectivity index (χ3n) is 3.56. The Morgan fingerprint density at radius 3 is 2.65 bits per heavy atom. The van der Waals surface area contributed by atoms with E-state index in [0.29, 0.717) is 0 Å². The SMILES string of the molecule is CO[C@H]1CCCC=C1[C@@](C)(O)c1ccccc1. The molecule has 0 radical (unpaired) electrons. The van der Waals surface area contributed by atoms with E-state index in [1.807, 2.05) is 37.3 Å². The number of hydrogen-bond acceptors (Lipinski definition) is 2. The van der Waals surface area contributed by atoms with Crippen molar-refractivity contribution in [3.05, 3.63) is 47.5 Å². The normalized spacial score (nSPS) is 23.9. The van der Waals surface area contributed by atoms with Crippen molar-refractivity contribution in [3.8, 4) is 0 Å². The minimum absolute atomic E-state index is 0.0407. The molecule has 1 aliphatic carbocycles. The summed E-state index contributed by atoms with van der Waals surface area (Å²) >= 11 is 0. The number of rotatable bonds is 3. The number of aliphatic hydroxyl groups is 1. The number of ether oxygens (including phenoxy) is 1. The quantitative estimate of drug-likeness (QED) is 0.812. The van der Waals surface area contributed by atoms with E-state index < -0.39 is 5.60 Å². The lowest BCUT2D eigenvalue weighted by molar-refractivity contribution is 0.0365. The summed E-state index contributed by atoms with van der Waals surface area (Å²) in [5.41, 5.74) is 0.996. The van der Waals surface area contributed by atoms with Crippen molar-refractivity contribution >= 4 is 0 Å². The van der Waals surface area contributed by atoms with Gasteiger partial charge in [-0.2, -0.15) is 0 Å². The average Bonchev–Trinajstić information content (AvgIpc) is 2.39. The molecule has 0 fully saturated rings. The highest BCUT2D eigenvalue weighted by atomic mass is 16.5. The summed E-state index contributed by atoms with van der Waals surface area (Å²) in [6.07, 6.45) is 5.32. The summed E-state index contributed by atoms with van der Waals surface area (Å²) < 4.78 is 5.48. The molecule has 0 aromatic heterocycles. The molecular weight excluding hydrogens is 212 g/mol. The standard InChI is InChI=1S/C15H20O2/c1-15(16,12-8-4-3-5-9-12)13-10-6-7-11-14(13)17-2/h3-5,8-10,14,16H,6-7,11H2,1-2H3/t14-,15-/m0/s1. The summed E-state index contributed by atoms with van der Waals surface area (Å²) in [5, 5.41) is 10.8. The lowest BCUT2D eigenvalue weighted by Crippen LogP contribution is -2.33. The van der Waals surface area contributed by atoms with Crippen LogP contribution in [-0.2, 0) is 10.3 Å². The van der Waals surface area contributed by atoms with Crippen LogP contribution in [0, 0.1) is 0 Å². The Morgan fingerprint density at radius 2 is 2.00 bits per heavy atom. The average molecular weight is 232 g/mol. The molecule has 0 bridgehead atoms. The molecule has 0 spiro atoms. The van der Waals surface area contributed by atoms with Crippen molar-refractivity contribution in [2.24, 2.45) is 0 Å². The van der Waals surface area contributed by atoms with E-state index in [1.54, 1.807) is 7.11 Å². The van der Waals surface area contributed by atoms with Gasteiger partial charge in [-0.3, -0.25) is 0 Å². The summed E-state index contributed by atoms with van der Waals surface area (Å²) in [5.74, 6) is 0. The van der Waals surface area contributed by atoms with Crippen LogP contribution in [0.2, 0.25) is 0 Å². The van der Waals surface area contributed by atoms with Gasteiger partial charge in [0.05, 0.1) is 6.10 Å². The maximum absolute atomic E-state index is 10.8. The van der Waals surface area contributed by atoms with Crippen LogP contribution in [0.15, 0.2) is 42.0 Å². The first-order valence-corrected chi connectivity index (χ1v) is 6.17. The fraction of sp³-hybridized carbons (Fsp3) is 0.467. The maximum atomic E-state index is 10.8. The molecule has 2 heteroatoms. The number of methoxy groups -OCH3 is 1. The topological polar surface area (TPSA) is 29.5 Å². The Hall–Kier alpha value is -1.12. The van der Waals surface area contributed by atoms with Gasteiger partial charge >= 0.3 is 0 Å². The zero-order valence-corrected chi connectivity index (χ0v) is 10.5. The van der Waals surface area contributed by atoms with E-state index in [1.165, 1.54) is 0 Å². The van der Waals surface area contributed by atoms with Crippen LogP contribution >= 0.6 is 0 Å². The van der Waals surface area contributed by atoms with E-state index in [-0.39, 0.29) is 6.10 Å². The van der Waals surface area contributed by atoms with Crippen LogP contribution in [0.4, 0.5) is 0 Å². The summed E-state index contributed by atoms with van der Waals surface area (Å²) in [6.45, 7) is 1.85. The van der Waals surface area contributed by atoms with E-state index in [9.17, 15) is 5.11 Å².